The van der Waals surface area contributed by atoms with Crippen LogP contribution in [-0.2, 0) is 0 Å². The number of aryl methyl sites for hydroxylation is 1. The first-order chi connectivity index (χ1) is 8.06. The van der Waals surface area contributed by atoms with Gasteiger partial charge in [-0.2, -0.15) is 4.98 Å². The van der Waals surface area contributed by atoms with E-state index in [0.717, 1.165) is 23.2 Å². The minimum absolute atomic E-state index is 0.343. The zero-order valence-corrected chi connectivity index (χ0v) is 10.9. The lowest BCUT2D eigenvalue weighted by molar-refractivity contribution is 0.260. The van der Waals surface area contributed by atoms with Crippen molar-refractivity contribution in [2.24, 2.45) is 11.8 Å². The third-order valence-corrected chi connectivity index (χ3v) is 3.93. The summed E-state index contributed by atoms with van der Waals surface area (Å²) in [6.45, 7) is 6.69. The molecular formula is C13H22N4. The van der Waals surface area contributed by atoms with Gasteiger partial charge >= 0.3 is 0 Å². The van der Waals surface area contributed by atoms with Gasteiger partial charge in [0.25, 0.3) is 0 Å². The lowest BCUT2D eigenvalue weighted by Gasteiger charge is -2.33. The van der Waals surface area contributed by atoms with Gasteiger partial charge in [0.2, 0.25) is 5.95 Å². The molecule has 1 aliphatic carbocycles. The van der Waals surface area contributed by atoms with Crippen molar-refractivity contribution < 1.29 is 0 Å². The molecule has 3 unspecified atom stereocenters. The third-order valence-electron chi connectivity index (χ3n) is 3.93. The van der Waals surface area contributed by atoms with Crippen molar-refractivity contribution >= 4 is 11.8 Å². The van der Waals surface area contributed by atoms with Crippen LogP contribution in [0.2, 0.25) is 0 Å². The van der Waals surface area contributed by atoms with Crippen LogP contribution in [0.5, 0.6) is 0 Å². The molecule has 0 aliphatic heterocycles. The van der Waals surface area contributed by atoms with Crippen LogP contribution in [-0.4, -0.2) is 16.0 Å². The molecule has 1 aromatic rings. The second-order valence-corrected chi connectivity index (χ2v) is 5.37. The molecule has 0 radical (unpaired) electrons. The number of nitrogens with one attached hydrogen (secondary N) is 1. The molecule has 2 rings (SSSR count). The average Bonchev–Trinajstić information content (AvgIpc) is 2.29. The van der Waals surface area contributed by atoms with Gasteiger partial charge in [0.05, 0.1) is 0 Å². The van der Waals surface area contributed by atoms with E-state index in [4.69, 9.17) is 5.73 Å². The Morgan fingerprint density at radius 1 is 1.29 bits per heavy atom. The predicted molar refractivity (Wildman–Crippen MR) is 70.8 cm³/mol. The molecule has 1 heterocycles. The molecule has 4 nitrogen and oxygen atoms in total. The van der Waals surface area contributed by atoms with Crippen LogP contribution in [0.15, 0.2) is 6.20 Å². The topological polar surface area (TPSA) is 63.8 Å². The number of hydrogen-bond acceptors (Lipinski definition) is 4. The van der Waals surface area contributed by atoms with E-state index < -0.39 is 0 Å². The lowest BCUT2D eigenvalue weighted by atomic mass is 9.79. The van der Waals surface area contributed by atoms with Crippen LogP contribution >= 0.6 is 0 Å². The van der Waals surface area contributed by atoms with Crippen molar-refractivity contribution in [3.05, 3.63) is 11.8 Å². The molecular weight excluding hydrogens is 212 g/mol. The molecule has 0 aromatic carbocycles. The standard InChI is InChI=1S/C13H22N4/c1-8-4-5-11(6-9(8)2)16-12-10(3)7-15-13(14)17-12/h7-9,11H,4-6H2,1-3H3,(H3,14,15,16,17). The summed E-state index contributed by atoms with van der Waals surface area (Å²) in [7, 11) is 0. The highest BCUT2D eigenvalue weighted by Crippen LogP contribution is 2.31. The van der Waals surface area contributed by atoms with Gasteiger partial charge in [-0.3, -0.25) is 0 Å². The van der Waals surface area contributed by atoms with Gasteiger partial charge in [0.1, 0.15) is 5.82 Å². The maximum atomic E-state index is 5.62. The van der Waals surface area contributed by atoms with Gasteiger partial charge in [-0.25, -0.2) is 4.98 Å². The Labute approximate surface area is 103 Å². The van der Waals surface area contributed by atoms with Crippen LogP contribution < -0.4 is 11.1 Å². The van der Waals surface area contributed by atoms with E-state index in [0.29, 0.717) is 12.0 Å². The predicted octanol–water partition coefficient (Wildman–Crippen LogP) is 2.60. The molecule has 1 aromatic heterocycles. The molecule has 1 saturated carbocycles. The van der Waals surface area contributed by atoms with Gasteiger partial charge in [0, 0.05) is 17.8 Å². The fraction of sp³-hybridized carbons (Fsp3) is 0.692. The smallest absolute Gasteiger partial charge is 0.221 e. The Morgan fingerprint density at radius 3 is 2.76 bits per heavy atom. The Balaban J connectivity index is 2.03. The summed E-state index contributed by atoms with van der Waals surface area (Å²) >= 11 is 0. The van der Waals surface area contributed by atoms with Crippen molar-refractivity contribution in [2.45, 2.75) is 46.1 Å². The average molecular weight is 234 g/mol. The number of hydrogen-bond donors (Lipinski definition) is 2. The number of aromatic nitrogens is 2. The van der Waals surface area contributed by atoms with E-state index >= 15 is 0 Å². The highest BCUT2D eigenvalue weighted by atomic mass is 15.1. The molecule has 3 atom stereocenters. The largest absolute Gasteiger partial charge is 0.368 e. The van der Waals surface area contributed by atoms with E-state index in [-0.39, 0.29) is 0 Å². The van der Waals surface area contributed by atoms with E-state index in [1.807, 2.05) is 6.92 Å². The van der Waals surface area contributed by atoms with E-state index in [9.17, 15) is 0 Å². The number of rotatable bonds is 2. The maximum absolute atomic E-state index is 5.62. The van der Waals surface area contributed by atoms with Gasteiger partial charge in [-0.1, -0.05) is 13.8 Å². The van der Waals surface area contributed by atoms with Gasteiger partial charge in [0.15, 0.2) is 0 Å². The Bertz CT molecular complexity index is 391. The van der Waals surface area contributed by atoms with Crippen molar-refractivity contribution in [1.82, 2.24) is 9.97 Å². The normalized spacial score (nSPS) is 29.0. The maximum Gasteiger partial charge on any atom is 0.221 e. The van der Waals surface area contributed by atoms with Crippen LogP contribution in [0, 0.1) is 18.8 Å². The van der Waals surface area contributed by atoms with Crippen LogP contribution in [0.3, 0.4) is 0 Å². The quantitative estimate of drug-likeness (QED) is 0.825. The molecule has 1 fully saturated rings. The first kappa shape index (κ1) is 12.1. The van der Waals surface area contributed by atoms with E-state index in [2.05, 4.69) is 29.1 Å². The number of nitrogens with zero attached hydrogens (tertiary/aromatic N) is 2. The van der Waals surface area contributed by atoms with Crippen LogP contribution in [0.4, 0.5) is 11.8 Å². The molecule has 94 valence electrons. The van der Waals surface area contributed by atoms with Gasteiger partial charge in [-0.05, 0) is 38.0 Å². The minimum atomic E-state index is 0.343. The molecule has 3 N–H and O–H groups in total. The van der Waals surface area contributed by atoms with Gasteiger partial charge < -0.3 is 11.1 Å². The lowest BCUT2D eigenvalue weighted by Crippen LogP contribution is -2.31. The molecule has 0 spiro atoms. The second kappa shape index (κ2) is 4.90. The second-order valence-electron chi connectivity index (χ2n) is 5.37. The zero-order valence-electron chi connectivity index (χ0n) is 10.9. The highest BCUT2D eigenvalue weighted by molar-refractivity contribution is 5.45. The summed E-state index contributed by atoms with van der Waals surface area (Å²) in [5.74, 6) is 2.85. The fourth-order valence-corrected chi connectivity index (χ4v) is 2.47. The highest BCUT2D eigenvalue weighted by Gasteiger charge is 2.24. The summed E-state index contributed by atoms with van der Waals surface area (Å²) in [6.07, 6.45) is 5.50. The fourth-order valence-electron chi connectivity index (χ4n) is 2.47. The zero-order chi connectivity index (χ0) is 12.4. The Kier molecular flexibility index (Phi) is 3.50. The van der Waals surface area contributed by atoms with Crippen molar-refractivity contribution in [3.63, 3.8) is 0 Å². The van der Waals surface area contributed by atoms with Crippen molar-refractivity contribution in [2.75, 3.05) is 11.1 Å². The summed E-state index contributed by atoms with van der Waals surface area (Å²) < 4.78 is 0. The summed E-state index contributed by atoms with van der Waals surface area (Å²) in [5, 5.41) is 3.51. The Morgan fingerprint density at radius 2 is 2.06 bits per heavy atom. The van der Waals surface area contributed by atoms with Crippen LogP contribution in [0.1, 0.15) is 38.7 Å². The molecule has 0 bridgehead atoms. The molecule has 0 amide bonds. The SMILES string of the molecule is Cc1cnc(N)nc1NC1CCC(C)C(C)C1. The third kappa shape index (κ3) is 2.87. The molecule has 17 heavy (non-hydrogen) atoms. The van der Waals surface area contributed by atoms with E-state index in [1.165, 1.54) is 19.3 Å². The summed E-state index contributed by atoms with van der Waals surface area (Å²) in [4.78, 5) is 8.25. The minimum Gasteiger partial charge on any atom is -0.368 e. The first-order valence-electron chi connectivity index (χ1n) is 6.42. The van der Waals surface area contributed by atoms with E-state index in [1.54, 1.807) is 6.20 Å². The number of nitrogen functional groups attached to an aromatic ring is 1. The van der Waals surface area contributed by atoms with Crippen molar-refractivity contribution in [3.8, 4) is 0 Å². The van der Waals surface area contributed by atoms with Crippen LogP contribution in [0.25, 0.3) is 0 Å². The summed E-state index contributed by atoms with van der Waals surface area (Å²) in [6, 6.07) is 0.522. The Hall–Kier alpha value is -1.32. The molecule has 1 aliphatic rings. The summed E-state index contributed by atoms with van der Waals surface area (Å²) in [5.41, 5.74) is 6.68. The first-order valence-corrected chi connectivity index (χ1v) is 6.42. The molecule has 4 heteroatoms. The monoisotopic (exact) mass is 234 g/mol. The van der Waals surface area contributed by atoms with Gasteiger partial charge in [-0.15, -0.1) is 0 Å². The van der Waals surface area contributed by atoms with Crippen molar-refractivity contribution in [1.29, 1.82) is 0 Å². The number of anilines is 2. The number of nitrogens with two attached hydrogens (primary N) is 1. The molecule has 0 saturated heterocycles.